The zero-order chi connectivity index (χ0) is 14.4. The predicted molar refractivity (Wildman–Crippen MR) is 77.8 cm³/mol. The summed E-state index contributed by atoms with van der Waals surface area (Å²) in [5.41, 5.74) is 2.33. The Labute approximate surface area is 111 Å². The molecule has 18 heavy (non-hydrogen) atoms. The molecule has 0 rings (SSSR count). The summed E-state index contributed by atoms with van der Waals surface area (Å²) in [5, 5.41) is -0.984. The van der Waals surface area contributed by atoms with Crippen LogP contribution in [0.25, 0.3) is 0 Å². The van der Waals surface area contributed by atoms with Gasteiger partial charge in [0.25, 0.3) is 0 Å². The normalized spacial score (nSPS) is 13.6. The molecule has 0 unspecified atom stereocenters. The van der Waals surface area contributed by atoms with Crippen molar-refractivity contribution in [3.63, 3.8) is 0 Å². The number of hydrogen-bond donors (Lipinski definition) is 2. The minimum atomic E-state index is -4.10. The minimum absolute atomic E-state index is 0.466. The molecule has 0 bridgehead atoms. The van der Waals surface area contributed by atoms with E-state index in [0.717, 1.165) is 18.4 Å². The van der Waals surface area contributed by atoms with Gasteiger partial charge in [0.15, 0.2) is 0 Å². The van der Waals surface area contributed by atoms with Crippen LogP contribution >= 0.6 is 7.60 Å². The number of hydrogen-bond acceptors (Lipinski definition) is 1. The van der Waals surface area contributed by atoms with Gasteiger partial charge in [0.05, 0.1) is 5.16 Å². The average Bonchev–Trinajstić information content (AvgIpc) is 2.23. The van der Waals surface area contributed by atoms with Crippen molar-refractivity contribution in [1.82, 2.24) is 0 Å². The van der Waals surface area contributed by atoms with E-state index in [1.807, 2.05) is 20.8 Å². The Bertz CT molecular complexity index is 355. The van der Waals surface area contributed by atoms with E-state index in [0.29, 0.717) is 12.8 Å². The Kier molecular flexibility index (Phi) is 7.13. The lowest BCUT2D eigenvalue weighted by molar-refractivity contribution is 0.333. The molecule has 0 aromatic carbocycles. The van der Waals surface area contributed by atoms with Gasteiger partial charge in [0, 0.05) is 0 Å². The Morgan fingerprint density at radius 3 is 2.00 bits per heavy atom. The monoisotopic (exact) mass is 274 g/mol. The van der Waals surface area contributed by atoms with Crippen LogP contribution < -0.4 is 0 Å². The van der Waals surface area contributed by atoms with Gasteiger partial charge in [0.2, 0.25) is 0 Å². The molecule has 0 radical (unpaired) electrons. The van der Waals surface area contributed by atoms with E-state index < -0.39 is 12.8 Å². The summed E-state index contributed by atoms with van der Waals surface area (Å²) >= 11 is 0. The van der Waals surface area contributed by atoms with Crippen LogP contribution in [0.2, 0.25) is 0 Å². The van der Waals surface area contributed by atoms with Crippen LogP contribution in [0.1, 0.15) is 60.3 Å². The second-order valence-electron chi connectivity index (χ2n) is 5.17. The highest BCUT2D eigenvalue weighted by Crippen LogP contribution is 2.55. The molecule has 0 fully saturated rings. The Morgan fingerprint density at radius 1 is 1.17 bits per heavy atom. The van der Waals surface area contributed by atoms with E-state index in [1.54, 1.807) is 6.08 Å². The van der Waals surface area contributed by atoms with Crippen molar-refractivity contribution in [1.29, 1.82) is 0 Å². The van der Waals surface area contributed by atoms with Gasteiger partial charge in [0.1, 0.15) is 0 Å². The second kappa shape index (κ2) is 7.28. The first kappa shape index (κ1) is 17.6. The lowest BCUT2D eigenvalue weighted by Gasteiger charge is -2.29. The zero-order valence-electron chi connectivity index (χ0n) is 12.2. The van der Waals surface area contributed by atoms with E-state index in [2.05, 4.69) is 19.9 Å². The standard InChI is InChI=1S/C14H27O3P/c1-6-14(7-2,18(15,16)17)11-13(5)10-8-9-12(3)4/h9,11H,6-8,10H2,1-5H3,(H2,15,16,17). The van der Waals surface area contributed by atoms with Gasteiger partial charge in [-0.25, -0.2) is 0 Å². The van der Waals surface area contributed by atoms with E-state index >= 15 is 0 Å². The SMILES string of the molecule is CCC(C=C(C)CCC=C(C)C)(CC)P(=O)(O)O. The average molecular weight is 274 g/mol. The topological polar surface area (TPSA) is 57.5 Å². The molecule has 3 nitrogen and oxygen atoms in total. The largest absolute Gasteiger partial charge is 0.335 e. The molecule has 0 aliphatic carbocycles. The molecule has 0 saturated heterocycles. The minimum Gasteiger partial charge on any atom is -0.324 e. The lowest BCUT2D eigenvalue weighted by Crippen LogP contribution is -2.24. The molecule has 0 spiro atoms. The van der Waals surface area contributed by atoms with Gasteiger partial charge in [-0.1, -0.05) is 37.1 Å². The maximum absolute atomic E-state index is 11.7. The van der Waals surface area contributed by atoms with Gasteiger partial charge in [-0.2, -0.15) is 0 Å². The molecule has 0 atom stereocenters. The molecule has 0 saturated carbocycles. The first-order valence-electron chi connectivity index (χ1n) is 6.56. The summed E-state index contributed by atoms with van der Waals surface area (Å²) in [6, 6.07) is 0. The molecule has 106 valence electrons. The van der Waals surface area contributed by atoms with E-state index in [9.17, 15) is 14.4 Å². The highest BCUT2D eigenvalue weighted by atomic mass is 31.2. The molecule has 0 aromatic rings. The Morgan fingerprint density at radius 2 is 1.67 bits per heavy atom. The second-order valence-corrected chi connectivity index (χ2v) is 7.14. The fraction of sp³-hybridized carbons (Fsp3) is 0.714. The van der Waals surface area contributed by atoms with Crippen LogP contribution in [0.3, 0.4) is 0 Å². The van der Waals surface area contributed by atoms with Gasteiger partial charge in [-0.15, -0.1) is 0 Å². The molecular weight excluding hydrogens is 247 g/mol. The van der Waals surface area contributed by atoms with Crippen LogP contribution in [-0.4, -0.2) is 14.9 Å². The lowest BCUT2D eigenvalue weighted by atomic mass is 9.97. The fourth-order valence-corrected chi connectivity index (χ4v) is 3.28. The van der Waals surface area contributed by atoms with Crippen molar-refractivity contribution in [3.05, 3.63) is 23.3 Å². The van der Waals surface area contributed by atoms with Crippen molar-refractivity contribution < 1.29 is 14.4 Å². The summed E-state index contributed by atoms with van der Waals surface area (Å²) in [5.74, 6) is 0. The van der Waals surface area contributed by atoms with Crippen LogP contribution in [0, 0.1) is 0 Å². The summed E-state index contributed by atoms with van der Waals surface area (Å²) in [4.78, 5) is 19.1. The summed E-state index contributed by atoms with van der Waals surface area (Å²) < 4.78 is 11.7. The van der Waals surface area contributed by atoms with Crippen molar-refractivity contribution in [2.24, 2.45) is 0 Å². The zero-order valence-corrected chi connectivity index (χ0v) is 13.1. The van der Waals surface area contributed by atoms with Gasteiger partial charge < -0.3 is 9.79 Å². The third-order valence-electron chi connectivity index (χ3n) is 3.41. The van der Waals surface area contributed by atoms with Gasteiger partial charge >= 0.3 is 7.60 Å². The highest BCUT2D eigenvalue weighted by Gasteiger charge is 2.41. The quantitative estimate of drug-likeness (QED) is 0.534. The van der Waals surface area contributed by atoms with Gasteiger partial charge in [-0.05, 0) is 46.5 Å². The first-order chi connectivity index (χ1) is 8.18. The number of allylic oxidation sites excluding steroid dienone is 4. The smallest absolute Gasteiger partial charge is 0.324 e. The third kappa shape index (κ3) is 5.09. The summed E-state index contributed by atoms with van der Waals surface area (Å²) in [6.07, 6.45) is 6.66. The summed E-state index contributed by atoms with van der Waals surface area (Å²) in [6.45, 7) is 9.73. The van der Waals surface area contributed by atoms with E-state index in [4.69, 9.17) is 0 Å². The van der Waals surface area contributed by atoms with Crippen molar-refractivity contribution in [3.8, 4) is 0 Å². The molecule has 0 aromatic heterocycles. The molecular formula is C14H27O3P. The van der Waals surface area contributed by atoms with Crippen LogP contribution in [0.4, 0.5) is 0 Å². The maximum Gasteiger partial charge on any atom is 0.335 e. The Hall–Kier alpha value is -0.370. The molecule has 0 aliphatic rings. The van der Waals surface area contributed by atoms with E-state index in [-0.39, 0.29) is 0 Å². The predicted octanol–water partition coefficient (Wildman–Crippen LogP) is 4.42. The summed E-state index contributed by atoms with van der Waals surface area (Å²) in [7, 11) is -4.10. The maximum atomic E-state index is 11.7. The van der Waals surface area contributed by atoms with Crippen molar-refractivity contribution in [2.45, 2.75) is 65.5 Å². The molecule has 4 heteroatoms. The molecule has 2 N–H and O–H groups in total. The molecule has 0 aliphatic heterocycles. The van der Waals surface area contributed by atoms with Crippen molar-refractivity contribution in [2.75, 3.05) is 0 Å². The highest BCUT2D eigenvalue weighted by molar-refractivity contribution is 7.53. The van der Waals surface area contributed by atoms with Gasteiger partial charge in [-0.3, -0.25) is 4.57 Å². The van der Waals surface area contributed by atoms with E-state index in [1.165, 1.54) is 5.57 Å². The van der Waals surface area contributed by atoms with Crippen LogP contribution in [0.5, 0.6) is 0 Å². The van der Waals surface area contributed by atoms with Crippen LogP contribution in [-0.2, 0) is 4.57 Å². The first-order valence-corrected chi connectivity index (χ1v) is 8.17. The van der Waals surface area contributed by atoms with Crippen molar-refractivity contribution >= 4 is 7.60 Å². The molecule has 0 amide bonds. The third-order valence-corrected chi connectivity index (χ3v) is 5.33. The fourth-order valence-electron chi connectivity index (χ4n) is 2.07. The Balaban J connectivity index is 4.97. The van der Waals surface area contributed by atoms with Crippen LogP contribution in [0.15, 0.2) is 23.3 Å². The number of rotatable bonds is 7. The molecule has 0 heterocycles.